The first kappa shape index (κ1) is 25.6. The van der Waals surface area contributed by atoms with Gasteiger partial charge in [0, 0.05) is 12.6 Å². The van der Waals surface area contributed by atoms with Crippen molar-refractivity contribution in [1.29, 1.82) is 0 Å². The lowest BCUT2D eigenvalue weighted by Crippen LogP contribution is -2.50. The topological polar surface area (TPSA) is 144 Å². The molecule has 0 spiro atoms. The summed E-state index contributed by atoms with van der Waals surface area (Å²) in [6.45, 7) is 3.62. The Balaban J connectivity index is 1.75. The minimum atomic E-state index is -1.12. The molecule has 11 nitrogen and oxygen atoms in total. The molecule has 0 aliphatic heterocycles. The number of aromatic nitrogens is 5. The molecule has 2 N–H and O–H groups in total. The van der Waals surface area contributed by atoms with Gasteiger partial charge in [-0.2, -0.15) is 0 Å². The zero-order valence-electron chi connectivity index (χ0n) is 20.0. The number of H-pyrrole nitrogens is 1. The summed E-state index contributed by atoms with van der Waals surface area (Å²) in [5.74, 6) is -0.337. The summed E-state index contributed by atoms with van der Waals surface area (Å²) < 4.78 is 7.90. The quantitative estimate of drug-likeness (QED) is 0.362. The van der Waals surface area contributed by atoms with Crippen LogP contribution in [0.3, 0.4) is 0 Å². The molecule has 0 atom stereocenters. The number of carbonyl (C=O) groups is 1. The van der Waals surface area contributed by atoms with Crippen LogP contribution in [0.1, 0.15) is 23.1 Å². The second-order valence-electron chi connectivity index (χ2n) is 8.26. The van der Waals surface area contributed by atoms with Crippen LogP contribution in [0, 0.1) is 13.8 Å². The summed E-state index contributed by atoms with van der Waals surface area (Å²) in [6, 6.07) is 15.8. The molecule has 0 saturated carbocycles. The third-order valence-electron chi connectivity index (χ3n) is 5.41. The van der Waals surface area contributed by atoms with Crippen LogP contribution in [0.2, 0.25) is 5.15 Å². The number of hydrogen-bond donors (Lipinski definition) is 2. The lowest BCUT2D eigenvalue weighted by atomic mass is 10.1. The van der Waals surface area contributed by atoms with Gasteiger partial charge in [0.15, 0.2) is 5.15 Å². The predicted molar refractivity (Wildman–Crippen MR) is 135 cm³/mol. The van der Waals surface area contributed by atoms with E-state index < -0.39 is 17.3 Å². The molecule has 0 saturated heterocycles. The molecule has 0 unspecified atom stereocenters. The van der Waals surface area contributed by atoms with Gasteiger partial charge < -0.3 is 9.84 Å². The first-order chi connectivity index (χ1) is 17.7. The fourth-order valence-electron chi connectivity index (χ4n) is 3.48. The van der Waals surface area contributed by atoms with Crippen LogP contribution < -0.4 is 21.7 Å². The van der Waals surface area contributed by atoms with Crippen LogP contribution in [-0.4, -0.2) is 35.4 Å². The molecule has 0 bridgehead atoms. The van der Waals surface area contributed by atoms with Gasteiger partial charge in [0.05, 0.1) is 18.7 Å². The van der Waals surface area contributed by atoms with Gasteiger partial charge in [-0.25, -0.2) is 19.1 Å². The number of nitrogens with one attached hydrogen (secondary N) is 1. The Morgan fingerprint density at radius 2 is 1.81 bits per heavy atom. The lowest BCUT2D eigenvalue weighted by molar-refractivity contribution is -0.137. The number of aliphatic carboxylic acids is 1. The highest BCUT2D eigenvalue weighted by molar-refractivity contribution is 6.29. The molecule has 2 aromatic heterocycles. The summed E-state index contributed by atoms with van der Waals surface area (Å²) in [5, 5.41) is 16.9. The van der Waals surface area contributed by atoms with Crippen LogP contribution in [0.5, 0.6) is 11.6 Å². The molecular formula is C25H23ClN6O5. The van der Waals surface area contributed by atoms with Gasteiger partial charge in [0.2, 0.25) is 11.5 Å². The summed E-state index contributed by atoms with van der Waals surface area (Å²) in [5.41, 5.74) is 1.67. The number of rotatable bonds is 8. The van der Waals surface area contributed by atoms with E-state index in [2.05, 4.69) is 20.2 Å². The van der Waals surface area contributed by atoms with Crippen molar-refractivity contribution in [2.75, 3.05) is 0 Å². The summed E-state index contributed by atoms with van der Waals surface area (Å²) in [7, 11) is 0. The van der Waals surface area contributed by atoms with Gasteiger partial charge in [-0.3, -0.25) is 14.3 Å². The smallest absolute Gasteiger partial charge is 0.335 e. The van der Waals surface area contributed by atoms with Crippen molar-refractivity contribution in [3.63, 3.8) is 0 Å². The number of carboxylic acids is 1. The summed E-state index contributed by atoms with van der Waals surface area (Å²) in [6.07, 6.45) is -0.372. The van der Waals surface area contributed by atoms with Crippen molar-refractivity contribution in [3.05, 3.63) is 103 Å². The van der Waals surface area contributed by atoms with E-state index in [1.807, 2.05) is 38.1 Å². The van der Waals surface area contributed by atoms with E-state index in [-0.39, 0.29) is 36.2 Å². The van der Waals surface area contributed by atoms with Gasteiger partial charge >= 0.3 is 17.3 Å². The monoisotopic (exact) mass is 522 g/mol. The van der Waals surface area contributed by atoms with Crippen LogP contribution in [0.15, 0.2) is 69.2 Å². The maximum atomic E-state index is 13.2. The predicted octanol–water partition coefficient (Wildman–Crippen LogP) is 2.95. The Morgan fingerprint density at radius 3 is 2.46 bits per heavy atom. The Morgan fingerprint density at radius 1 is 1.05 bits per heavy atom. The Kier molecular flexibility index (Phi) is 7.63. The SMILES string of the molecule is Cc1ccc(Cn2c(=O)n(CCC(=O)O)c(=O)[nH]/c2=N\c2ccc(Oc3ccc(Cl)nn3)c(C)c2)cc1. The molecule has 4 aromatic rings. The number of carboxylic acid groups (broad SMARTS) is 1. The van der Waals surface area contributed by atoms with E-state index in [4.69, 9.17) is 21.4 Å². The third-order valence-corrected chi connectivity index (χ3v) is 5.61. The van der Waals surface area contributed by atoms with Crippen LogP contribution >= 0.6 is 11.6 Å². The first-order valence-corrected chi connectivity index (χ1v) is 11.6. The standard InChI is InChI=1S/C25H23ClN6O5/c1-15-3-5-17(6-4-15)14-32-23(28-24(35)31(25(32)36)12-11-22(33)34)27-18-7-8-19(16(2)13-18)37-21-10-9-20(26)29-30-21/h3-10,13H,11-12,14H2,1-2H3,(H,33,34)(H,27,28,35). The number of hydrogen-bond acceptors (Lipinski definition) is 7. The highest BCUT2D eigenvalue weighted by atomic mass is 35.5. The van der Waals surface area contributed by atoms with Crippen molar-refractivity contribution in [1.82, 2.24) is 24.3 Å². The fraction of sp³-hybridized carbons (Fsp3) is 0.200. The highest BCUT2D eigenvalue weighted by Crippen LogP contribution is 2.27. The molecule has 190 valence electrons. The Bertz CT molecular complexity index is 1620. The number of aromatic amines is 1. The maximum Gasteiger partial charge on any atom is 0.335 e. The normalized spacial score (nSPS) is 11.5. The van der Waals surface area contributed by atoms with Crippen LogP contribution in [-0.2, 0) is 17.9 Å². The van der Waals surface area contributed by atoms with Gasteiger partial charge in [-0.1, -0.05) is 41.4 Å². The molecule has 0 aliphatic carbocycles. The molecule has 2 heterocycles. The van der Waals surface area contributed by atoms with Gasteiger partial charge in [0.25, 0.3) is 0 Å². The minimum absolute atomic E-state index is 0.0267. The molecule has 0 fully saturated rings. The van der Waals surface area contributed by atoms with Crippen molar-refractivity contribution in [2.24, 2.45) is 4.99 Å². The van der Waals surface area contributed by atoms with Crippen molar-refractivity contribution >= 4 is 23.3 Å². The van der Waals surface area contributed by atoms with Gasteiger partial charge in [-0.15, -0.1) is 10.2 Å². The fourth-order valence-corrected chi connectivity index (χ4v) is 3.58. The van der Waals surface area contributed by atoms with E-state index in [9.17, 15) is 14.4 Å². The van der Waals surface area contributed by atoms with Crippen molar-refractivity contribution in [3.8, 4) is 11.6 Å². The molecule has 12 heteroatoms. The number of ether oxygens (including phenoxy) is 1. The van der Waals surface area contributed by atoms with E-state index in [0.29, 0.717) is 11.4 Å². The van der Waals surface area contributed by atoms with E-state index in [1.54, 1.807) is 30.3 Å². The van der Waals surface area contributed by atoms with E-state index in [1.165, 1.54) is 4.57 Å². The second kappa shape index (κ2) is 11.0. The molecule has 0 aliphatic rings. The largest absolute Gasteiger partial charge is 0.481 e. The highest BCUT2D eigenvalue weighted by Gasteiger charge is 2.12. The van der Waals surface area contributed by atoms with Gasteiger partial charge in [0.1, 0.15) is 5.75 Å². The number of benzene rings is 2. The molecule has 4 rings (SSSR count). The van der Waals surface area contributed by atoms with Crippen molar-refractivity contribution < 1.29 is 14.6 Å². The maximum absolute atomic E-state index is 13.2. The lowest BCUT2D eigenvalue weighted by Gasteiger charge is -2.11. The molecule has 0 radical (unpaired) electrons. The first-order valence-electron chi connectivity index (χ1n) is 11.2. The molecular weight excluding hydrogens is 500 g/mol. The second-order valence-corrected chi connectivity index (χ2v) is 8.65. The number of halogens is 1. The minimum Gasteiger partial charge on any atom is -0.481 e. The number of aryl methyl sites for hydroxylation is 2. The van der Waals surface area contributed by atoms with E-state index >= 15 is 0 Å². The average Bonchev–Trinajstić information content (AvgIpc) is 2.85. The van der Waals surface area contributed by atoms with Crippen molar-refractivity contribution in [2.45, 2.75) is 33.4 Å². The van der Waals surface area contributed by atoms with Crippen LogP contribution in [0.25, 0.3) is 0 Å². The number of nitrogens with zero attached hydrogens (tertiary/aromatic N) is 5. The zero-order chi connectivity index (χ0) is 26.5. The summed E-state index contributed by atoms with van der Waals surface area (Å²) >= 11 is 5.76. The third kappa shape index (κ3) is 6.39. The zero-order valence-corrected chi connectivity index (χ0v) is 20.8. The Hall–Kier alpha value is -4.51. The van der Waals surface area contributed by atoms with Crippen LogP contribution in [0.4, 0.5) is 5.69 Å². The molecule has 37 heavy (non-hydrogen) atoms. The molecule has 0 amide bonds. The Labute approximate surface area is 215 Å². The molecule has 2 aromatic carbocycles. The van der Waals surface area contributed by atoms with Gasteiger partial charge in [-0.05, 0) is 49.2 Å². The average molecular weight is 523 g/mol. The summed E-state index contributed by atoms with van der Waals surface area (Å²) in [4.78, 5) is 44.1. The van der Waals surface area contributed by atoms with E-state index in [0.717, 1.165) is 21.3 Å².